The smallest absolute Gasteiger partial charge is 0.374 e. The zero-order valence-electron chi connectivity index (χ0n) is 7.71. The van der Waals surface area contributed by atoms with E-state index in [1.165, 1.54) is 0 Å². The van der Waals surface area contributed by atoms with E-state index in [1.54, 1.807) is 0 Å². The second kappa shape index (κ2) is 3.54. The van der Waals surface area contributed by atoms with Crippen molar-refractivity contribution < 1.29 is 23.9 Å². The molecule has 0 aromatic carbocycles. The van der Waals surface area contributed by atoms with Gasteiger partial charge >= 0.3 is 5.97 Å². The van der Waals surface area contributed by atoms with Crippen LogP contribution in [0.5, 0.6) is 5.75 Å². The van der Waals surface area contributed by atoms with E-state index >= 15 is 0 Å². The Morgan fingerprint density at radius 1 is 1.38 bits per heavy atom. The summed E-state index contributed by atoms with van der Waals surface area (Å²) in [6.07, 6.45) is 0.840. The zero-order valence-corrected chi connectivity index (χ0v) is 7.71. The summed E-state index contributed by atoms with van der Waals surface area (Å²) in [7, 11) is 0. The second-order valence-electron chi connectivity index (χ2n) is 2.88. The van der Waals surface area contributed by atoms with Crippen LogP contribution < -0.4 is 5.43 Å². The molecular weight excluding hydrogens is 218 g/mol. The first kappa shape index (κ1) is 9.97. The minimum atomic E-state index is -1.28. The van der Waals surface area contributed by atoms with Crippen molar-refractivity contribution in [1.29, 1.82) is 0 Å². The maximum Gasteiger partial charge on any atom is 0.374 e. The minimum Gasteiger partial charge on any atom is -0.502 e. The fourth-order valence-electron chi connectivity index (χ4n) is 1.03. The van der Waals surface area contributed by atoms with Crippen LogP contribution in [0.15, 0.2) is 32.1 Å². The molecule has 0 unspecified atom stereocenters. The van der Waals surface area contributed by atoms with Crippen LogP contribution in [0.1, 0.15) is 10.6 Å². The van der Waals surface area contributed by atoms with Gasteiger partial charge in [0.05, 0.1) is 0 Å². The van der Waals surface area contributed by atoms with Gasteiger partial charge in [-0.15, -0.1) is 0 Å². The molecule has 2 N–H and O–H groups in total. The summed E-state index contributed by atoms with van der Waals surface area (Å²) < 4.78 is 9.33. The van der Waals surface area contributed by atoms with Crippen LogP contribution in [0, 0.1) is 0 Å². The van der Waals surface area contributed by atoms with Gasteiger partial charge in [-0.3, -0.25) is 4.79 Å². The molecule has 7 heteroatoms. The molecule has 0 aliphatic carbocycles. The number of carboxylic acid groups (broad SMARTS) is 1. The Bertz CT molecular complexity index is 596. The fraction of sp³-hybridized carbons (Fsp3) is 0. The Morgan fingerprint density at radius 2 is 2.12 bits per heavy atom. The molecule has 0 aliphatic rings. The van der Waals surface area contributed by atoms with Crippen LogP contribution in [-0.4, -0.2) is 21.3 Å². The molecular formula is C9H5NO6. The fourth-order valence-corrected chi connectivity index (χ4v) is 1.03. The molecule has 2 aromatic rings. The Labute approximate surface area is 87.5 Å². The largest absolute Gasteiger partial charge is 0.502 e. The molecule has 0 saturated carbocycles. The number of hydrogen-bond donors (Lipinski definition) is 2. The summed E-state index contributed by atoms with van der Waals surface area (Å²) in [4.78, 5) is 21.6. The van der Waals surface area contributed by atoms with Crippen LogP contribution in [0.2, 0.25) is 0 Å². The van der Waals surface area contributed by atoms with Crippen molar-refractivity contribution in [1.82, 2.24) is 5.16 Å². The third kappa shape index (κ3) is 1.65. The topological polar surface area (TPSA) is 114 Å². The number of hydrogen-bond acceptors (Lipinski definition) is 6. The molecule has 0 atom stereocenters. The van der Waals surface area contributed by atoms with Crippen molar-refractivity contribution in [3.05, 3.63) is 34.4 Å². The van der Waals surface area contributed by atoms with Gasteiger partial charge in [0.2, 0.25) is 11.2 Å². The Hall–Kier alpha value is -2.57. The average molecular weight is 223 g/mol. The van der Waals surface area contributed by atoms with Crippen molar-refractivity contribution in [3.63, 3.8) is 0 Å². The Balaban J connectivity index is 2.46. The number of aromatic carboxylic acids is 1. The lowest BCUT2D eigenvalue weighted by atomic mass is 10.3. The van der Waals surface area contributed by atoms with Crippen LogP contribution >= 0.6 is 0 Å². The van der Waals surface area contributed by atoms with E-state index < -0.39 is 17.1 Å². The summed E-state index contributed by atoms with van der Waals surface area (Å²) in [5.74, 6) is -2.17. The lowest BCUT2D eigenvalue weighted by molar-refractivity contribution is 0.0652. The molecule has 0 bridgehead atoms. The van der Waals surface area contributed by atoms with Crippen molar-refractivity contribution in [2.75, 3.05) is 0 Å². The summed E-state index contributed by atoms with van der Waals surface area (Å²) in [5, 5.41) is 20.9. The summed E-state index contributed by atoms with van der Waals surface area (Å²) >= 11 is 0. The van der Waals surface area contributed by atoms with Gasteiger partial charge in [-0.05, 0) is 0 Å². The number of aromatic nitrogens is 1. The number of rotatable bonds is 2. The van der Waals surface area contributed by atoms with Gasteiger partial charge in [0.25, 0.3) is 0 Å². The van der Waals surface area contributed by atoms with Gasteiger partial charge in [0.15, 0.2) is 11.5 Å². The molecule has 0 amide bonds. The van der Waals surface area contributed by atoms with Crippen molar-refractivity contribution in [3.8, 4) is 17.2 Å². The first-order valence-corrected chi connectivity index (χ1v) is 4.10. The van der Waals surface area contributed by atoms with Crippen molar-refractivity contribution >= 4 is 5.97 Å². The van der Waals surface area contributed by atoms with E-state index in [-0.39, 0.29) is 17.2 Å². The van der Waals surface area contributed by atoms with Crippen LogP contribution in [0.25, 0.3) is 11.5 Å². The molecule has 16 heavy (non-hydrogen) atoms. The van der Waals surface area contributed by atoms with E-state index in [0.29, 0.717) is 0 Å². The van der Waals surface area contributed by atoms with E-state index in [9.17, 15) is 9.59 Å². The maximum absolute atomic E-state index is 11.1. The Morgan fingerprint density at radius 3 is 2.69 bits per heavy atom. The summed E-state index contributed by atoms with van der Waals surface area (Å²) in [6, 6.07) is 2.09. The van der Waals surface area contributed by atoms with E-state index in [0.717, 1.165) is 18.4 Å². The van der Waals surface area contributed by atoms with Gasteiger partial charge in [-0.1, -0.05) is 5.16 Å². The standard InChI is InChI=1S/C9H5NO6/c11-5-2-7(15-3-6(5)12)4-1-8(9(13)14)16-10-4/h1-3,12H,(H,13,14). The predicted molar refractivity (Wildman–Crippen MR) is 49.1 cm³/mol. The lowest BCUT2D eigenvalue weighted by Gasteiger charge is -1.93. The highest BCUT2D eigenvalue weighted by Crippen LogP contribution is 2.18. The molecule has 0 spiro atoms. The Kier molecular flexibility index (Phi) is 2.20. The van der Waals surface area contributed by atoms with Crippen LogP contribution in [0.3, 0.4) is 0 Å². The molecule has 7 nitrogen and oxygen atoms in total. The normalized spacial score (nSPS) is 10.2. The predicted octanol–water partition coefficient (Wildman–Crippen LogP) is 0.699. The van der Waals surface area contributed by atoms with Gasteiger partial charge in [0, 0.05) is 12.1 Å². The third-order valence-electron chi connectivity index (χ3n) is 1.79. The third-order valence-corrected chi connectivity index (χ3v) is 1.79. The zero-order chi connectivity index (χ0) is 11.7. The second-order valence-corrected chi connectivity index (χ2v) is 2.88. The van der Waals surface area contributed by atoms with E-state index in [1.807, 2.05) is 0 Å². The quantitative estimate of drug-likeness (QED) is 0.769. The van der Waals surface area contributed by atoms with E-state index in [4.69, 9.17) is 14.6 Å². The first-order chi connectivity index (χ1) is 7.58. The van der Waals surface area contributed by atoms with Crippen molar-refractivity contribution in [2.45, 2.75) is 0 Å². The maximum atomic E-state index is 11.1. The van der Waals surface area contributed by atoms with Gasteiger partial charge < -0.3 is 19.2 Å². The van der Waals surface area contributed by atoms with E-state index in [2.05, 4.69) is 9.68 Å². The minimum absolute atomic E-state index is 0.0130. The monoisotopic (exact) mass is 223 g/mol. The molecule has 2 aromatic heterocycles. The van der Waals surface area contributed by atoms with Gasteiger partial charge in [-0.25, -0.2) is 4.79 Å². The lowest BCUT2D eigenvalue weighted by Crippen LogP contribution is -1.97. The molecule has 0 fully saturated rings. The van der Waals surface area contributed by atoms with Crippen molar-refractivity contribution in [2.24, 2.45) is 0 Å². The summed E-state index contributed by atoms with van der Waals surface area (Å²) in [5.41, 5.74) is -0.587. The highest BCUT2D eigenvalue weighted by Gasteiger charge is 2.14. The number of carboxylic acids is 1. The van der Waals surface area contributed by atoms with Gasteiger partial charge in [0.1, 0.15) is 12.0 Å². The average Bonchev–Trinajstić information content (AvgIpc) is 2.71. The molecule has 0 radical (unpaired) electrons. The highest BCUT2D eigenvalue weighted by molar-refractivity contribution is 5.85. The SMILES string of the molecule is O=C(O)c1cc(-c2cc(=O)c(O)co2)no1. The molecule has 82 valence electrons. The molecule has 0 aliphatic heterocycles. The number of nitrogens with zero attached hydrogens (tertiary/aromatic N) is 1. The van der Waals surface area contributed by atoms with Crippen LogP contribution in [0.4, 0.5) is 0 Å². The first-order valence-electron chi connectivity index (χ1n) is 4.10. The molecule has 0 saturated heterocycles. The van der Waals surface area contributed by atoms with Crippen LogP contribution in [-0.2, 0) is 0 Å². The summed E-state index contributed by atoms with van der Waals surface area (Å²) in [6.45, 7) is 0. The number of aromatic hydroxyl groups is 1. The molecule has 2 rings (SSSR count). The number of carbonyl (C=O) groups is 1. The molecule has 2 heterocycles. The highest BCUT2D eigenvalue weighted by atomic mass is 16.5. The van der Waals surface area contributed by atoms with Gasteiger partial charge in [-0.2, -0.15) is 0 Å².